The van der Waals surface area contributed by atoms with Gasteiger partial charge in [0.2, 0.25) is 5.91 Å². The quantitative estimate of drug-likeness (QED) is 0.119. The van der Waals surface area contributed by atoms with Gasteiger partial charge in [0.1, 0.15) is 17.8 Å². The van der Waals surface area contributed by atoms with Crippen LogP contribution in [-0.2, 0) is 4.79 Å². The van der Waals surface area contributed by atoms with Crippen molar-refractivity contribution in [3.8, 4) is 11.3 Å². The number of fused-ring (bicyclic) bond motifs is 1. The summed E-state index contributed by atoms with van der Waals surface area (Å²) >= 11 is 0. The van der Waals surface area contributed by atoms with Crippen LogP contribution < -0.4 is 16.1 Å². The molecule has 0 aliphatic carbocycles. The van der Waals surface area contributed by atoms with Gasteiger partial charge in [-0.2, -0.15) is 0 Å². The van der Waals surface area contributed by atoms with Gasteiger partial charge in [0.05, 0.1) is 5.39 Å². The van der Waals surface area contributed by atoms with Crippen LogP contribution >= 0.6 is 0 Å². The Bertz CT molecular complexity index is 1210. The van der Waals surface area contributed by atoms with Crippen LogP contribution in [0.1, 0.15) is 44.2 Å². The molecule has 0 radical (unpaired) electrons. The first-order valence-electron chi connectivity index (χ1n) is 11.6. The van der Waals surface area contributed by atoms with E-state index >= 15 is 0 Å². The Labute approximate surface area is 198 Å². The number of carbonyl (C=O) groups excluding carboxylic acids is 1. The van der Waals surface area contributed by atoms with Crippen LogP contribution in [-0.4, -0.2) is 32.6 Å². The topological polar surface area (TPSA) is 115 Å². The Morgan fingerprint density at radius 2 is 1.82 bits per heavy atom. The van der Waals surface area contributed by atoms with E-state index in [0.717, 1.165) is 59.6 Å². The molecule has 4 aromatic rings. The van der Waals surface area contributed by atoms with E-state index in [1.165, 1.54) is 5.56 Å². The maximum atomic E-state index is 11.0. The van der Waals surface area contributed by atoms with Crippen molar-refractivity contribution < 1.29 is 10.0 Å². The van der Waals surface area contributed by atoms with Crippen molar-refractivity contribution in [2.45, 2.75) is 38.6 Å². The Morgan fingerprint density at radius 1 is 1.03 bits per heavy atom. The standard InChI is InChI=1S/C26H30N6O2/c1-18(19-8-4-2-5-9-19)30-25-22-16-23(31-26(22)29-17-28-25)20-11-13-21(14-12-20)27-15-7-3-6-10-24(33)32-34/h2,4-5,8-9,11-14,16-18,27,34H,3,6-7,10,15H2,1H3,(H,32,33)(H2,28,29,30,31). The normalized spacial score (nSPS) is 11.8. The van der Waals surface area contributed by atoms with Crippen molar-refractivity contribution in [2.75, 3.05) is 17.2 Å². The minimum absolute atomic E-state index is 0.120. The summed E-state index contributed by atoms with van der Waals surface area (Å²) in [5.41, 5.74) is 6.76. The van der Waals surface area contributed by atoms with Gasteiger partial charge in [0.15, 0.2) is 0 Å². The molecule has 0 aliphatic heterocycles. The smallest absolute Gasteiger partial charge is 0.243 e. The van der Waals surface area contributed by atoms with Crippen molar-refractivity contribution in [1.29, 1.82) is 0 Å². The van der Waals surface area contributed by atoms with Gasteiger partial charge in [-0.05, 0) is 49.1 Å². The average molecular weight is 459 g/mol. The largest absolute Gasteiger partial charge is 0.385 e. The second-order valence-corrected chi connectivity index (χ2v) is 8.29. The Morgan fingerprint density at radius 3 is 2.59 bits per heavy atom. The number of carbonyl (C=O) groups is 1. The van der Waals surface area contributed by atoms with Crippen LogP contribution in [0.2, 0.25) is 0 Å². The zero-order valence-electron chi connectivity index (χ0n) is 19.2. The lowest BCUT2D eigenvalue weighted by Crippen LogP contribution is -2.17. The summed E-state index contributed by atoms with van der Waals surface area (Å²) in [5, 5.41) is 16.4. The Kier molecular flexibility index (Phi) is 7.72. The summed E-state index contributed by atoms with van der Waals surface area (Å²) in [7, 11) is 0. The number of nitrogens with zero attached hydrogens (tertiary/aromatic N) is 2. The second kappa shape index (κ2) is 11.3. The van der Waals surface area contributed by atoms with Crippen LogP contribution in [0.4, 0.5) is 11.5 Å². The van der Waals surface area contributed by atoms with Crippen molar-refractivity contribution in [2.24, 2.45) is 0 Å². The van der Waals surface area contributed by atoms with Crippen molar-refractivity contribution in [3.63, 3.8) is 0 Å². The molecule has 1 atom stereocenters. The average Bonchev–Trinajstić information content (AvgIpc) is 3.32. The molecule has 1 amide bonds. The van der Waals surface area contributed by atoms with Gasteiger partial charge in [-0.15, -0.1) is 0 Å². The first kappa shape index (κ1) is 23.3. The molecular weight excluding hydrogens is 428 g/mol. The third-order valence-corrected chi connectivity index (χ3v) is 5.81. The SMILES string of the molecule is CC(Nc1ncnc2[nH]c(-c3ccc(NCCCCCC(=O)NO)cc3)cc12)c1ccccc1. The molecule has 0 saturated heterocycles. The maximum Gasteiger partial charge on any atom is 0.243 e. The molecule has 0 aliphatic rings. The van der Waals surface area contributed by atoms with Gasteiger partial charge < -0.3 is 15.6 Å². The van der Waals surface area contributed by atoms with Crippen molar-refractivity contribution >= 4 is 28.4 Å². The number of benzene rings is 2. The first-order valence-corrected chi connectivity index (χ1v) is 11.6. The third kappa shape index (κ3) is 5.90. The number of H-pyrrole nitrogens is 1. The molecule has 176 valence electrons. The summed E-state index contributed by atoms with van der Waals surface area (Å²) < 4.78 is 0. The van der Waals surface area contributed by atoms with E-state index < -0.39 is 0 Å². The lowest BCUT2D eigenvalue weighted by molar-refractivity contribution is -0.129. The fourth-order valence-electron chi connectivity index (χ4n) is 3.88. The molecule has 8 nitrogen and oxygen atoms in total. The molecule has 2 aromatic carbocycles. The molecule has 0 saturated carbocycles. The van der Waals surface area contributed by atoms with E-state index in [1.807, 2.05) is 18.2 Å². The molecule has 0 spiro atoms. The molecule has 8 heteroatoms. The first-order chi connectivity index (χ1) is 16.6. The number of unbranched alkanes of at least 4 members (excludes halogenated alkanes) is 2. The van der Waals surface area contributed by atoms with E-state index in [4.69, 9.17) is 5.21 Å². The Balaban J connectivity index is 1.37. The van der Waals surface area contributed by atoms with E-state index in [0.29, 0.717) is 6.42 Å². The predicted octanol–water partition coefficient (Wildman–Crippen LogP) is 5.28. The Hall–Kier alpha value is -3.91. The van der Waals surface area contributed by atoms with Crippen molar-refractivity contribution in [1.82, 2.24) is 20.4 Å². The number of aromatic nitrogens is 3. The zero-order chi connectivity index (χ0) is 23.8. The summed E-state index contributed by atoms with van der Waals surface area (Å²) in [6.45, 7) is 2.95. The van der Waals surface area contributed by atoms with Crippen LogP contribution in [0, 0.1) is 0 Å². The highest BCUT2D eigenvalue weighted by Gasteiger charge is 2.12. The highest BCUT2D eigenvalue weighted by atomic mass is 16.5. The highest BCUT2D eigenvalue weighted by Crippen LogP contribution is 2.29. The van der Waals surface area contributed by atoms with Crippen molar-refractivity contribution in [3.05, 3.63) is 72.6 Å². The van der Waals surface area contributed by atoms with Gasteiger partial charge in [0.25, 0.3) is 0 Å². The van der Waals surface area contributed by atoms with Gasteiger partial charge in [0, 0.05) is 30.4 Å². The maximum absolute atomic E-state index is 11.0. The fourth-order valence-corrected chi connectivity index (χ4v) is 3.88. The van der Waals surface area contributed by atoms with Crippen LogP contribution in [0.5, 0.6) is 0 Å². The summed E-state index contributed by atoms with van der Waals surface area (Å²) in [6.07, 6.45) is 4.57. The molecule has 5 N–H and O–H groups in total. The number of hydroxylamine groups is 1. The summed E-state index contributed by atoms with van der Waals surface area (Å²) in [6, 6.07) is 20.8. The van der Waals surface area contributed by atoms with E-state index in [-0.39, 0.29) is 11.9 Å². The van der Waals surface area contributed by atoms with E-state index in [9.17, 15) is 4.79 Å². The molecule has 2 aromatic heterocycles. The summed E-state index contributed by atoms with van der Waals surface area (Å²) in [5.74, 6) is 0.471. The molecule has 0 bridgehead atoms. The lowest BCUT2D eigenvalue weighted by Gasteiger charge is -2.15. The molecule has 2 heterocycles. The van der Waals surface area contributed by atoms with E-state index in [2.05, 4.69) is 75.0 Å². The number of hydrogen-bond acceptors (Lipinski definition) is 6. The van der Waals surface area contributed by atoms with Crippen LogP contribution in [0.3, 0.4) is 0 Å². The van der Waals surface area contributed by atoms with Gasteiger partial charge in [-0.25, -0.2) is 15.4 Å². The van der Waals surface area contributed by atoms with Crippen LogP contribution in [0.25, 0.3) is 22.3 Å². The fraction of sp³-hybridized carbons (Fsp3) is 0.269. The third-order valence-electron chi connectivity index (χ3n) is 5.81. The highest BCUT2D eigenvalue weighted by molar-refractivity contribution is 5.91. The lowest BCUT2D eigenvalue weighted by atomic mass is 10.1. The van der Waals surface area contributed by atoms with Gasteiger partial charge >= 0.3 is 0 Å². The van der Waals surface area contributed by atoms with Crippen LogP contribution in [0.15, 0.2) is 67.0 Å². The number of hydrogen-bond donors (Lipinski definition) is 5. The minimum Gasteiger partial charge on any atom is -0.385 e. The number of aromatic amines is 1. The number of amides is 1. The molecular formula is C26H30N6O2. The number of rotatable bonds is 11. The van der Waals surface area contributed by atoms with E-state index in [1.54, 1.807) is 11.8 Å². The number of anilines is 2. The summed E-state index contributed by atoms with van der Waals surface area (Å²) in [4.78, 5) is 23.3. The van der Waals surface area contributed by atoms with Gasteiger partial charge in [-0.1, -0.05) is 48.9 Å². The zero-order valence-corrected chi connectivity index (χ0v) is 19.2. The second-order valence-electron chi connectivity index (χ2n) is 8.29. The predicted molar refractivity (Wildman–Crippen MR) is 135 cm³/mol. The molecule has 1 unspecified atom stereocenters. The number of nitrogens with one attached hydrogen (secondary N) is 4. The molecule has 34 heavy (non-hydrogen) atoms. The monoisotopic (exact) mass is 458 g/mol. The minimum atomic E-state index is -0.333. The van der Waals surface area contributed by atoms with Gasteiger partial charge in [-0.3, -0.25) is 10.0 Å². The molecule has 0 fully saturated rings. The molecule has 4 rings (SSSR count).